The normalized spacial score (nSPS) is 18.7. The molecule has 2 aromatic rings. The van der Waals surface area contributed by atoms with Crippen molar-refractivity contribution < 1.29 is 29.0 Å². The SMILES string of the molecule is COCC1(COc2ccc3c(CCC4CCN(C(=O)O)CC4)noc3c2CO)CC1. The third-order valence-electron chi connectivity index (χ3n) is 6.55. The number of likely N-dealkylation sites (tertiary alicyclic amines) is 1. The smallest absolute Gasteiger partial charge is 0.407 e. The van der Waals surface area contributed by atoms with Crippen LogP contribution in [0.2, 0.25) is 0 Å². The molecule has 164 valence electrons. The Bertz CT molecular complexity index is 883. The molecule has 1 aliphatic heterocycles. The molecule has 2 N–H and O–H groups in total. The highest BCUT2D eigenvalue weighted by atomic mass is 16.5. The van der Waals surface area contributed by atoms with Crippen LogP contribution >= 0.6 is 0 Å². The molecule has 8 heteroatoms. The first-order valence-corrected chi connectivity index (χ1v) is 10.7. The van der Waals surface area contributed by atoms with Crippen molar-refractivity contribution in [1.82, 2.24) is 10.1 Å². The van der Waals surface area contributed by atoms with Gasteiger partial charge in [0.1, 0.15) is 5.75 Å². The Labute approximate surface area is 175 Å². The summed E-state index contributed by atoms with van der Waals surface area (Å²) in [5.74, 6) is 1.12. The molecule has 0 atom stereocenters. The molecule has 2 fully saturated rings. The lowest BCUT2D eigenvalue weighted by Gasteiger charge is -2.29. The summed E-state index contributed by atoms with van der Waals surface area (Å²) in [6.07, 6.45) is 4.83. The second-order valence-corrected chi connectivity index (χ2v) is 8.68. The number of aryl methyl sites for hydroxylation is 1. The minimum absolute atomic E-state index is 0.0965. The number of hydrogen-bond acceptors (Lipinski definition) is 6. The Morgan fingerprint density at radius 3 is 2.70 bits per heavy atom. The van der Waals surface area contributed by atoms with Gasteiger partial charge in [0.05, 0.1) is 31.1 Å². The highest BCUT2D eigenvalue weighted by Crippen LogP contribution is 2.46. The van der Waals surface area contributed by atoms with Crippen molar-refractivity contribution >= 4 is 17.1 Å². The first-order chi connectivity index (χ1) is 14.5. The summed E-state index contributed by atoms with van der Waals surface area (Å²) < 4.78 is 16.9. The van der Waals surface area contributed by atoms with E-state index in [1.54, 1.807) is 7.11 Å². The van der Waals surface area contributed by atoms with Gasteiger partial charge in [-0.25, -0.2) is 4.79 Å². The fourth-order valence-corrected chi connectivity index (χ4v) is 4.35. The highest BCUT2D eigenvalue weighted by molar-refractivity contribution is 5.84. The lowest BCUT2D eigenvalue weighted by Crippen LogP contribution is -2.37. The number of fused-ring (bicyclic) bond motifs is 1. The number of hydrogen-bond donors (Lipinski definition) is 2. The van der Waals surface area contributed by atoms with E-state index in [0.717, 1.165) is 49.6 Å². The fraction of sp³-hybridized carbons (Fsp3) is 0.636. The van der Waals surface area contributed by atoms with Crippen LogP contribution in [0.15, 0.2) is 16.7 Å². The van der Waals surface area contributed by atoms with Crippen LogP contribution in [-0.4, -0.2) is 59.8 Å². The number of methoxy groups -OCH3 is 1. The summed E-state index contributed by atoms with van der Waals surface area (Å²) in [7, 11) is 1.71. The maximum atomic E-state index is 11.0. The number of aromatic nitrogens is 1. The first-order valence-electron chi connectivity index (χ1n) is 10.7. The average Bonchev–Trinajstić information content (AvgIpc) is 3.40. The Kier molecular flexibility index (Phi) is 6.15. The second kappa shape index (κ2) is 8.81. The first kappa shape index (κ1) is 20.9. The lowest BCUT2D eigenvalue weighted by molar-refractivity contribution is 0.103. The molecule has 1 amide bonds. The molecule has 0 bridgehead atoms. The van der Waals surface area contributed by atoms with E-state index in [1.807, 2.05) is 12.1 Å². The standard InChI is InChI=1S/C22H30N2O6/c1-28-13-22(8-9-22)14-29-19-5-3-16-18(23-30-20(16)17(19)12-25)4-2-15-6-10-24(11-7-15)21(26)27/h3,5,15,25H,2,4,6-14H2,1H3,(H,26,27). The van der Waals surface area contributed by atoms with Crippen LogP contribution in [0, 0.1) is 11.3 Å². The van der Waals surface area contributed by atoms with Crippen LogP contribution < -0.4 is 4.74 Å². The minimum Gasteiger partial charge on any atom is -0.492 e. The quantitative estimate of drug-likeness (QED) is 0.642. The van der Waals surface area contributed by atoms with Crippen LogP contribution in [0.1, 0.15) is 43.4 Å². The molecular formula is C22H30N2O6. The lowest BCUT2D eigenvalue weighted by atomic mass is 9.91. The van der Waals surface area contributed by atoms with Gasteiger partial charge in [0, 0.05) is 31.0 Å². The zero-order chi connectivity index (χ0) is 21.1. The monoisotopic (exact) mass is 418 g/mol. The van der Waals surface area contributed by atoms with Crippen LogP contribution in [0.4, 0.5) is 4.79 Å². The van der Waals surface area contributed by atoms with Gasteiger partial charge in [0.15, 0.2) is 5.58 Å². The van der Waals surface area contributed by atoms with Crippen molar-refractivity contribution in [2.75, 3.05) is 33.4 Å². The summed E-state index contributed by atoms with van der Waals surface area (Å²) in [5, 5.41) is 24.2. The van der Waals surface area contributed by atoms with Gasteiger partial charge in [-0.1, -0.05) is 5.16 Å². The second-order valence-electron chi connectivity index (χ2n) is 8.68. The third kappa shape index (κ3) is 4.39. The maximum absolute atomic E-state index is 11.0. The number of carboxylic acid groups (broad SMARTS) is 1. The maximum Gasteiger partial charge on any atom is 0.407 e. The van der Waals surface area contributed by atoms with Crippen molar-refractivity contribution in [2.45, 2.75) is 45.1 Å². The van der Waals surface area contributed by atoms with Gasteiger partial charge in [-0.2, -0.15) is 0 Å². The van der Waals surface area contributed by atoms with E-state index in [2.05, 4.69) is 5.16 Å². The topological polar surface area (TPSA) is 105 Å². The number of ether oxygens (including phenoxy) is 2. The number of piperidine rings is 1. The van der Waals surface area contributed by atoms with Crippen molar-refractivity contribution in [2.24, 2.45) is 11.3 Å². The number of carbonyl (C=O) groups is 1. The fourth-order valence-electron chi connectivity index (χ4n) is 4.35. The van der Waals surface area contributed by atoms with Gasteiger partial charge in [0.2, 0.25) is 0 Å². The van der Waals surface area contributed by atoms with Gasteiger partial charge in [-0.15, -0.1) is 0 Å². The molecule has 0 radical (unpaired) electrons. The van der Waals surface area contributed by atoms with Gasteiger partial charge in [-0.3, -0.25) is 0 Å². The van der Waals surface area contributed by atoms with E-state index in [1.165, 1.54) is 4.90 Å². The van der Waals surface area contributed by atoms with Gasteiger partial charge in [-0.05, 0) is 56.6 Å². The summed E-state index contributed by atoms with van der Waals surface area (Å²) in [4.78, 5) is 12.5. The van der Waals surface area contributed by atoms with Gasteiger partial charge >= 0.3 is 6.09 Å². The number of aliphatic hydroxyl groups excluding tert-OH is 1. The molecule has 8 nitrogen and oxygen atoms in total. The summed E-state index contributed by atoms with van der Waals surface area (Å²) in [5.41, 5.74) is 2.20. The van der Waals surface area contributed by atoms with E-state index < -0.39 is 6.09 Å². The number of rotatable bonds is 9. The van der Waals surface area contributed by atoms with Gasteiger partial charge in [0.25, 0.3) is 0 Å². The zero-order valence-corrected chi connectivity index (χ0v) is 17.4. The van der Waals surface area contributed by atoms with E-state index in [-0.39, 0.29) is 12.0 Å². The number of nitrogens with zero attached hydrogens (tertiary/aromatic N) is 2. The predicted molar refractivity (Wildman–Crippen MR) is 110 cm³/mol. The number of amides is 1. The Hall–Kier alpha value is -2.32. The predicted octanol–water partition coefficient (Wildman–Crippen LogP) is 3.45. The van der Waals surface area contributed by atoms with Crippen LogP contribution in [0.3, 0.4) is 0 Å². The summed E-state index contributed by atoms with van der Waals surface area (Å²) in [6.45, 7) is 2.27. The Morgan fingerprint density at radius 2 is 2.07 bits per heavy atom. The van der Waals surface area contributed by atoms with Crippen molar-refractivity contribution in [3.05, 3.63) is 23.4 Å². The number of benzene rings is 1. The summed E-state index contributed by atoms with van der Waals surface area (Å²) >= 11 is 0. The molecule has 1 saturated carbocycles. The van der Waals surface area contributed by atoms with Crippen molar-refractivity contribution in [1.29, 1.82) is 0 Å². The highest BCUT2D eigenvalue weighted by Gasteiger charge is 2.43. The molecule has 30 heavy (non-hydrogen) atoms. The molecule has 4 rings (SSSR count). The molecule has 1 saturated heterocycles. The van der Waals surface area contributed by atoms with E-state index in [4.69, 9.17) is 19.1 Å². The van der Waals surface area contributed by atoms with Crippen LogP contribution in [0.5, 0.6) is 5.75 Å². The Morgan fingerprint density at radius 1 is 1.30 bits per heavy atom. The Balaban J connectivity index is 1.40. The molecule has 2 heterocycles. The minimum atomic E-state index is -0.833. The number of aliphatic hydroxyl groups is 1. The van der Waals surface area contributed by atoms with E-state index in [9.17, 15) is 9.90 Å². The average molecular weight is 418 g/mol. The third-order valence-corrected chi connectivity index (χ3v) is 6.55. The molecule has 1 aromatic heterocycles. The van der Waals surface area contributed by atoms with Crippen molar-refractivity contribution in [3.63, 3.8) is 0 Å². The van der Waals surface area contributed by atoms with Crippen LogP contribution in [0.25, 0.3) is 11.0 Å². The molecular weight excluding hydrogens is 388 g/mol. The van der Waals surface area contributed by atoms with E-state index in [0.29, 0.717) is 49.1 Å². The van der Waals surface area contributed by atoms with Crippen LogP contribution in [-0.2, 0) is 17.8 Å². The molecule has 1 aromatic carbocycles. The van der Waals surface area contributed by atoms with E-state index >= 15 is 0 Å². The molecule has 0 spiro atoms. The largest absolute Gasteiger partial charge is 0.492 e. The zero-order valence-electron chi connectivity index (χ0n) is 17.4. The molecule has 2 aliphatic rings. The summed E-state index contributed by atoms with van der Waals surface area (Å²) in [6, 6.07) is 3.85. The van der Waals surface area contributed by atoms with Gasteiger partial charge < -0.3 is 29.1 Å². The molecule has 0 unspecified atom stereocenters. The molecule has 1 aliphatic carbocycles. The van der Waals surface area contributed by atoms with Crippen molar-refractivity contribution in [3.8, 4) is 5.75 Å².